The van der Waals surface area contributed by atoms with Crippen molar-refractivity contribution in [3.05, 3.63) is 213 Å². The number of nitrogens with one attached hydrogen (secondary N) is 4. The Hall–Kier alpha value is -8.86. The van der Waals surface area contributed by atoms with Gasteiger partial charge in [0.2, 0.25) is 0 Å². The van der Waals surface area contributed by atoms with Gasteiger partial charge in [-0.1, -0.05) is 0 Å². The Balaban J connectivity index is 0.000000369. The summed E-state index contributed by atoms with van der Waals surface area (Å²) >= 11 is 0. The number of hydrogen-bond acceptors (Lipinski definition) is 17. The van der Waals surface area contributed by atoms with Crippen LogP contribution in [0.1, 0.15) is 53.4 Å². The molecule has 0 aliphatic carbocycles. The van der Waals surface area contributed by atoms with Crippen LogP contribution in [0, 0.1) is 0 Å². The van der Waals surface area contributed by atoms with Crippen molar-refractivity contribution in [3.63, 3.8) is 0 Å². The first kappa shape index (κ1) is 73.6. The molecule has 9 aromatic rings. The molecule has 0 amide bonds. The molecule has 19 nitrogen and oxygen atoms in total. The summed E-state index contributed by atoms with van der Waals surface area (Å²) in [6.45, 7) is 14.5. The van der Waals surface area contributed by atoms with Crippen LogP contribution in [0.3, 0.4) is 0 Å². The summed E-state index contributed by atoms with van der Waals surface area (Å²) in [5.74, 6) is 2.44. The molecule has 0 radical (unpaired) electrons. The summed E-state index contributed by atoms with van der Waals surface area (Å²) in [4.78, 5) is 14.5. The van der Waals surface area contributed by atoms with Crippen LogP contribution in [0.15, 0.2) is 244 Å². The van der Waals surface area contributed by atoms with Crippen molar-refractivity contribution in [3.8, 4) is 11.5 Å². The fraction of sp³-hybridized carbons (Fsp3) is 0.265. The Morgan fingerprint density at radius 3 is 1.16 bits per heavy atom. The molecular weight excluding hydrogens is 1330 g/mol. The number of aryl methyl sites for hydroxylation is 2. The van der Waals surface area contributed by atoms with Gasteiger partial charge in [-0.3, -0.25) is 9.97 Å². The normalized spacial score (nSPS) is 10.5. The van der Waals surface area contributed by atoms with Crippen molar-refractivity contribution in [1.82, 2.24) is 9.97 Å². The van der Waals surface area contributed by atoms with E-state index in [0.29, 0.717) is 0 Å². The summed E-state index contributed by atoms with van der Waals surface area (Å²) in [6, 6.07) is 55.4. The van der Waals surface area contributed by atoms with Crippen LogP contribution in [0.5, 0.6) is 11.5 Å². The fourth-order valence-corrected chi connectivity index (χ4v) is 8.74. The zero-order valence-electron chi connectivity index (χ0n) is 52.5. The molecule has 0 saturated carbocycles. The third-order valence-electron chi connectivity index (χ3n) is 13.8. The van der Waals surface area contributed by atoms with E-state index < -0.39 is 0 Å². The monoisotopic (exact) mass is 1410 g/mol. The van der Waals surface area contributed by atoms with Gasteiger partial charge >= 0.3 is 5.82 Å². The first-order valence-electron chi connectivity index (χ1n) is 29.5. The minimum absolute atomic E-state index is 0. The molecule has 9 rings (SSSR count). The lowest BCUT2D eigenvalue weighted by molar-refractivity contribution is -0.697. The number of hydrazine groups is 2. The van der Waals surface area contributed by atoms with Crippen molar-refractivity contribution in [2.75, 3.05) is 90.9 Å². The number of anilines is 7. The third kappa shape index (κ3) is 25.3. The first-order valence-corrected chi connectivity index (χ1v) is 29.5. The van der Waals surface area contributed by atoms with Gasteiger partial charge in [0.15, 0.2) is 12.4 Å². The van der Waals surface area contributed by atoms with E-state index in [1.54, 1.807) is 51.1 Å². The summed E-state index contributed by atoms with van der Waals surface area (Å²) in [5, 5.41) is 25.8. The highest BCUT2D eigenvalue weighted by molar-refractivity contribution is 5.59. The molecule has 4 N–H and O–H groups in total. The quantitative estimate of drug-likeness (QED) is 0.0164. The lowest BCUT2D eigenvalue weighted by Crippen LogP contribution is -3.00. The minimum Gasteiger partial charge on any atom is -1.00 e. The van der Waals surface area contributed by atoms with Crippen LogP contribution in [0.25, 0.3) is 0 Å². The van der Waals surface area contributed by atoms with Gasteiger partial charge < -0.3 is 96.8 Å². The van der Waals surface area contributed by atoms with E-state index in [9.17, 15) is 0 Å². The largest absolute Gasteiger partial charge is 1.00 e. The van der Waals surface area contributed by atoms with Crippen LogP contribution < -0.4 is 106 Å². The number of hydrogen-bond donors (Lipinski definition) is 4. The van der Waals surface area contributed by atoms with Crippen LogP contribution in [-0.2, 0) is 13.1 Å². The van der Waals surface area contributed by atoms with Crippen molar-refractivity contribution in [1.29, 1.82) is 0 Å². The van der Waals surface area contributed by atoms with Crippen molar-refractivity contribution >= 4 is 74.1 Å². The number of ether oxygens (including phenoxy) is 2. The number of rotatable bonds is 28. The minimum atomic E-state index is 0. The van der Waals surface area contributed by atoms with Crippen molar-refractivity contribution in [2.24, 2.45) is 30.7 Å². The Morgan fingerprint density at radius 1 is 0.378 bits per heavy atom. The lowest BCUT2D eigenvalue weighted by Gasteiger charge is -2.21. The van der Waals surface area contributed by atoms with Crippen molar-refractivity contribution in [2.45, 2.75) is 66.5 Å². The van der Waals surface area contributed by atoms with Gasteiger partial charge in [0, 0.05) is 107 Å². The predicted octanol–water partition coefficient (Wildman–Crippen LogP) is 7.60. The highest BCUT2D eigenvalue weighted by Crippen LogP contribution is 2.26. The van der Waals surface area contributed by atoms with Gasteiger partial charge in [-0.2, -0.15) is 20.5 Å². The number of nitrogens with zero attached hydrogens (tertiary/aromatic N) is 13. The van der Waals surface area contributed by atoms with E-state index >= 15 is 0 Å². The Kier molecular flexibility index (Phi) is 33.8. The van der Waals surface area contributed by atoms with E-state index in [4.69, 9.17) is 14.6 Å². The molecule has 0 fully saturated rings. The summed E-state index contributed by atoms with van der Waals surface area (Å²) in [7, 11) is 7.36. The molecule has 0 saturated heterocycles. The van der Waals surface area contributed by atoms with E-state index in [1.165, 1.54) is 11.4 Å². The average Bonchev–Trinajstić information content (AvgIpc) is 3.77. The molecular formula is C68H83Br3N17O2-. The zero-order chi connectivity index (χ0) is 61.3. The predicted molar refractivity (Wildman–Crippen MR) is 354 cm³/mol. The van der Waals surface area contributed by atoms with Crippen molar-refractivity contribution < 1.29 is 69.6 Å². The summed E-state index contributed by atoms with van der Waals surface area (Å²) in [6.07, 6.45) is 17.6. The molecule has 0 aliphatic heterocycles. The van der Waals surface area contributed by atoms with E-state index in [-0.39, 0.29) is 50.9 Å². The van der Waals surface area contributed by atoms with Gasteiger partial charge in [-0.05, 0) is 198 Å². The molecule has 5 aromatic carbocycles. The maximum atomic E-state index is 5.22. The summed E-state index contributed by atoms with van der Waals surface area (Å²) < 4.78 is 14.7. The van der Waals surface area contributed by atoms with Crippen LogP contribution in [-0.4, -0.2) is 64.5 Å². The second kappa shape index (κ2) is 41.4. The molecule has 0 bridgehead atoms. The number of methoxy groups -OCH3 is 2. The molecule has 474 valence electrons. The van der Waals surface area contributed by atoms with E-state index in [1.807, 2.05) is 105 Å². The smallest absolute Gasteiger partial charge is 0.352 e. The molecule has 0 spiro atoms. The third-order valence-corrected chi connectivity index (χ3v) is 13.8. The molecule has 22 heteroatoms. The maximum absolute atomic E-state index is 5.22. The first-order chi connectivity index (χ1) is 42.6. The van der Waals surface area contributed by atoms with E-state index in [2.05, 4.69) is 194 Å². The Bertz CT molecular complexity index is 3460. The van der Waals surface area contributed by atoms with Gasteiger partial charge in [0.05, 0.1) is 83.6 Å². The molecule has 4 heterocycles. The zero-order valence-corrected chi connectivity index (χ0v) is 57.3. The fourth-order valence-electron chi connectivity index (χ4n) is 8.74. The van der Waals surface area contributed by atoms with Gasteiger partial charge in [0.25, 0.3) is 0 Å². The number of benzene rings is 5. The topological polar surface area (TPSA) is 184 Å². The second-order valence-electron chi connectivity index (χ2n) is 20.0. The van der Waals surface area contributed by atoms with Gasteiger partial charge in [-0.25, -0.2) is 9.13 Å². The highest BCUT2D eigenvalue weighted by atomic mass is 79.9. The van der Waals surface area contributed by atoms with E-state index in [0.717, 1.165) is 139 Å². The number of unbranched alkanes of at least 4 members (excludes halogenated alkanes) is 3. The maximum Gasteiger partial charge on any atom is 0.352 e. The Labute approximate surface area is 562 Å². The Morgan fingerprint density at radius 2 is 0.722 bits per heavy atom. The number of azo groups is 3. The number of aromatic nitrogens is 4. The molecule has 90 heavy (non-hydrogen) atoms. The number of pyridine rings is 4. The average molecular weight is 1410 g/mol. The van der Waals surface area contributed by atoms with Crippen LogP contribution in [0.2, 0.25) is 0 Å². The van der Waals surface area contributed by atoms with Crippen LogP contribution >= 0.6 is 0 Å². The second-order valence-corrected chi connectivity index (χ2v) is 20.0. The molecule has 4 aromatic heterocycles. The van der Waals surface area contributed by atoms with Crippen LogP contribution in [0.4, 0.5) is 74.1 Å². The molecule has 0 aliphatic rings. The number of halogens is 3. The highest BCUT2D eigenvalue weighted by Gasteiger charge is 2.13. The SMILES string of the molecule is CCN(CC)c1ccc(N=Nc2ccncc2)cc1.CCN(CC)c1ccc(NNc2cc[n+](CCCCCC[n+]3ccc(NNc4ccc(OC)cc4)cc3)c(N=Nc3ccc(N(C)C)cc3)c2)cc1.COc1ccc(N=Nc2ccncc2)cc1.[Br-].[Br-].[Br-]. The molecule has 0 atom stereocenters. The molecule has 0 unspecified atom stereocenters. The summed E-state index contributed by atoms with van der Waals surface area (Å²) in [5.41, 5.74) is 24.6. The standard InChI is InChI=1S/C41H52N10O.C15H18N4.C12H11N3O.3BrH/c1-6-50(7-2)39-20-14-33(15-21-39)43-46-37-26-31-51(41(32-37)47-45-34-12-18-38(19-13-34)48(3)4)28-11-9-8-10-27-49-29-24-36(25-30-49)44-42-35-16-22-40(52-5)23-17-35;1-3-19(4-2)15-7-5-13(6-8-15)17-18-14-9-11-16-12-10-14;1-16-12-4-2-10(3-5-12)14-15-11-6-8-13-9-7-11;;;/h12-26,29-32,42H,6-11,27-28H2,1-5H3,(H,43,45);5-12H,3-4H2,1-2H3;2-9H,1H3;3*1H/p-1. The van der Waals surface area contributed by atoms with Gasteiger partial charge in [-0.15, -0.1) is 0 Å². The van der Waals surface area contributed by atoms with Gasteiger partial charge in [0.1, 0.15) is 23.7 Å². The lowest BCUT2D eigenvalue weighted by atomic mass is 10.2.